The molecule has 0 bridgehead atoms. The van der Waals surface area contributed by atoms with Gasteiger partial charge in [-0.15, -0.1) is 0 Å². The zero-order valence-electron chi connectivity index (χ0n) is 34.7. The molecule has 298 valence electrons. The van der Waals surface area contributed by atoms with Gasteiger partial charge in [0.15, 0.2) is 5.58 Å². The van der Waals surface area contributed by atoms with Gasteiger partial charge in [-0.3, -0.25) is 0 Å². The molecule has 12 rings (SSSR count). The minimum absolute atomic E-state index is 0.282. The van der Waals surface area contributed by atoms with Gasteiger partial charge in [0.1, 0.15) is 5.52 Å². The molecule has 1 heterocycles. The molecule has 4 aliphatic carbocycles. The summed E-state index contributed by atoms with van der Waals surface area (Å²) < 4.78 is 6.65. The van der Waals surface area contributed by atoms with Gasteiger partial charge in [0.25, 0.3) is 0 Å². The Balaban J connectivity index is 0.892. The first-order chi connectivity index (χ1) is 30.7. The largest absolute Gasteiger partial charge is 0.436 e. The first kappa shape index (κ1) is 36.6. The van der Waals surface area contributed by atoms with Crippen molar-refractivity contribution in [2.45, 2.75) is 50.9 Å². The average molecular weight is 799 g/mol. The highest BCUT2D eigenvalue weighted by Crippen LogP contribution is 2.48. The van der Waals surface area contributed by atoms with Crippen molar-refractivity contribution in [3.8, 4) is 0 Å². The molecule has 3 heteroatoms. The van der Waals surface area contributed by atoms with Crippen molar-refractivity contribution in [3.63, 3.8) is 0 Å². The lowest BCUT2D eigenvalue weighted by Crippen LogP contribution is -2.13. The molecule has 0 aliphatic heterocycles. The van der Waals surface area contributed by atoms with Crippen LogP contribution in [-0.2, 0) is 6.42 Å². The molecule has 1 unspecified atom stereocenters. The number of rotatable bonds is 7. The number of allylic oxidation sites excluding steroid dienone is 11. The highest BCUT2D eigenvalue weighted by atomic mass is 16.3. The topological polar surface area (TPSA) is 29.3 Å². The number of fused-ring (bicyclic) bond motifs is 5. The number of anilines is 3. The van der Waals surface area contributed by atoms with Crippen LogP contribution in [0.3, 0.4) is 0 Å². The van der Waals surface area contributed by atoms with Gasteiger partial charge in [0.2, 0.25) is 5.89 Å². The van der Waals surface area contributed by atoms with E-state index in [1.807, 2.05) is 0 Å². The molecule has 0 spiro atoms. The molecule has 0 fully saturated rings. The maximum Gasteiger partial charge on any atom is 0.223 e. The Hall–Kier alpha value is -7.23. The molecule has 1 atom stereocenters. The molecular formula is C59H46N2O. The molecule has 0 N–H and O–H groups in total. The van der Waals surface area contributed by atoms with E-state index in [9.17, 15) is 0 Å². The van der Waals surface area contributed by atoms with Crippen molar-refractivity contribution in [1.29, 1.82) is 0 Å². The van der Waals surface area contributed by atoms with Crippen LogP contribution in [0.25, 0.3) is 55.4 Å². The summed E-state index contributed by atoms with van der Waals surface area (Å²) in [4.78, 5) is 7.61. The van der Waals surface area contributed by atoms with Crippen molar-refractivity contribution in [3.05, 3.63) is 227 Å². The smallest absolute Gasteiger partial charge is 0.223 e. The fraction of sp³-hybridized carbons (Fsp3) is 0.136. The van der Waals surface area contributed by atoms with Crippen LogP contribution in [0.1, 0.15) is 78.2 Å². The van der Waals surface area contributed by atoms with Crippen molar-refractivity contribution in [2.24, 2.45) is 0 Å². The highest BCUT2D eigenvalue weighted by molar-refractivity contribution is 6.10. The number of hydrogen-bond donors (Lipinski definition) is 0. The number of nitrogens with zero attached hydrogens (tertiary/aromatic N) is 2. The summed E-state index contributed by atoms with van der Waals surface area (Å²) in [5, 5.41) is 4.83. The van der Waals surface area contributed by atoms with Gasteiger partial charge in [-0.1, -0.05) is 146 Å². The van der Waals surface area contributed by atoms with Crippen molar-refractivity contribution in [2.75, 3.05) is 4.90 Å². The number of hydrogen-bond acceptors (Lipinski definition) is 3. The Kier molecular flexibility index (Phi) is 9.06. The van der Waals surface area contributed by atoms with Crippen LogP contribution in [0.2, 0.25) is 0 Å². The molecule has 0 amide bonds. The molecule has 8 aromatic rings. The van der Waals surface area contributed by atoms with E-state index in [4.69, 9.17) is 9.40 Å². The van der Waals surface area contributed by atoms with E-state index < -0.39 is 0 Å². The minimum atomic E-state index is 0.282. The predicted molar refractivity (Wildman–Crippen MR) is 260 cm³/mol. The molecule has 1 aromatic heterocycles. The zero-order chi connectivity index (χ0) is 41.0. The quantitative estimate of drug-likeness (QED) is 0.161. The van der Waals surface area contributed by atoms with Crippen LogP contribution in [0, 0.1) is 0 Å². The molecule has 0 saturated heterocycles. The molecule has 3 nitrogen and oxygen atoms in total. The Morgan fingerprint density at radius 1 is 0.581 bits per heavy atom. The summed E-state index contributed by atoms with van der Waals surface area (Å²) in [5.74, 6) is 1.01. The second-order valence-corrected chi connectivity index (χ2v) is 17.2. The Labute approximate surface area is 363 Å². The summed E-state index contributed by atoms with van der Waals surface area (Å²) >= 11 is 0. The van der Waals surface area contributed by atoms with Crippen LogP contribution in [0.4, 0.5) is 17.1 Å². The van der Waals surface area contributed by atoms with E-state index >= 15 is 0 Å². The zero-order valence-corrected chi connectivity index (χ0v) is 34.7. The first-order valence-corrected chi connectivity index (χ1v) is 22.3. The fourth-order valence-corrected chi connectivity index (χ4v) is 10.4. The second kappa shape index (κ2) is 15.3. The monoisotopic (exact) mass is 798 g/mol. The Bertz CT molecular complexity index is 3260. The maximum atomic E-state index is 6.65. The van der Waals surface area contributed by atoms with Gasteiger partial charge in [0, 0.05) is 33.9 Å². The number of aromatic nitrogens is 1. The van der Waals surface area contributed by atoms with Crippen LogP contribution >= 0.6 is 0 Å². The normalized spacial score (nSPS) is 17.2. The summed E-state index contributed by atoms with van der Waals surface area (Å²) in [6.45, 7) is 0. The van der Waals surface area contributed by atoms with Crippen LogP contribution in [0.5, 0.6) is 0 Å². The molecule has 0 radical (unpaired) electrons. The standard InChI is InChI=1S/C59H46N2O/c1-2-12-39(13-3-1)42-22-24-44(25-23-42)59-60-57-38-56(53-20-10-11-21-55(53)58(57)62-59)54-35-34-50(51-18-8-9-19-52(51)54)43-28-30-47(31-29-43)61(48-32-26-40-14-4-6-16-45(40)36-48)49-33-27-41-15-5-7-17-46(41)37-49/h1-6,8,10-16,18,20-22,24,26-33,35-38,50H,7,9,17,19,23,25,34H2. The van der Waals surface area contributed by atoms with Crippen molar-refractivity contribution < 1.29 is 4.42 Å². The SMILES string of the molecule is C1=CC2=C(CC1)C(c1cc3nc(C4=CC=C(c5ccccc5)CC4)oc3c3ccccc13)=CCC2c1ccc(N(c2ccc3c(c2)CCC=C3)c2ccc3ccccc3c2)cc1. The van der Waals surface area contributed by atoms with E-state index in [-0.39, 0.29) is 5.92 Å². The van der Waals surface area contributed by atoms with Crippen molar-refractivity contribution in [1.82, 2.24) is 4.98 Å². The lowest BCUT2D eigenvalue weighted by molar-refractivity contribution is 0.583. The minimum Gasteiger partial charge on any atom is -0.436 e. The van der Waals surface area contributed by atoms with E-state index in [1.165, 1.54) is 83.3 Å². The van der Waals surface area contributed by atoms with E-state index in [0.29, 0.717) is 0 Å². The van der Waals surface area contributed by atoms with Gasteiger partial charge in [-0.2, -0.15) is 0 Å². The van der Waals surface area contributed by atoms with Gasteiger partial charge < -0.3 is 9.32 Å². The molecule has 7 aromatic carbocycles. The summed E-state index contributed by atoms with van der Waals surface area (Å²) in [5.41, 5.74) is 18.7. The Morgan fingerprint density at radius 2 is 1.31 bits per heavy atom. The maximum absolute atomic E-state index is 6.65. The average Bonchev–Trinajstić information content (AvgIpc) is 3.79. The summed E-state index contributed by atoms with van der Waals surface area (Å²) in [6.07, 6.45) is 23.3. The lowest BCUT2D eigenvalue weighted by Gasteiger charge is -2.31. The summed E-state index contributed by atoms with van der Waals surface area (Å²) in [7, 11) is 0. The third-order valence-corrected chi connectivity index (χ3v) is 13.5. The highest BCUT2D eigenvalue weighted by Gasteiger charge is 2.29. The van der Waals surface area contributed by atoms with Crippen LogP contribution in [0.15, 0.2) is 198 Å². The third kappa shape index (κ3) is 6.48. The van der Waals surface area contributed by atoms with E-state index in [0.717, 1.165) is 72.9 Å². The predicted octanol–water partition coefficient (Wildman–Crippen LogP) is 16.0. The molecule has 0 saturated carbocycles. The summed E-state index contributed by atoms with van der Waals surface area (Å²) in [6, 6.07) is 53.5. The lowest BCUT2D eigenvalue weighted by atomic mass is 9.74. The van der Waals surface area contributed by atoms with E-state index in [2.05, 4.69) is 193 Å². The third-order valence-electron chi connectivity index (χ3n) is 13.5. The number of oxazole rings is 1. The van der Waals surface area contributed by atoms with Crippen molar-refractivity contribution >= 4 is 72.5 Å². The van der Waals surface area contributed by atoms with Gasteiger partial charge in [0.05, 0.1) is 0 Å². The molecular weight excluding hydrogens is 753 g/mol. The molecule has 4 aliphatic rings. The number of aryl methyl sites for hydroxylation is 1. The van der Waals surface area contributed by atoms with Crippen LogP contribution < -0.4 is 4.90 Å². The number of benzene rings is 7. The first-order valence-electron chi connectivity index (χ1n) is 22.3. The van der Waals surface area contributed by atoms with Gasteiger partial charge in [-0.05, 0) is 154 Å². The fourth-order valence-electron chi connectivity index (χ4n) is 10.4. The second-order valence-electron chi connectivity index (χ2n) is 17.2. The van der Waals surface area contributed by atoms with Gasteiger partial charge >= 0.3 is 0 Å². The molecule has 62 heavy (non-hydrogen) atoms. The van der Waals surface area contributed by atoms with Gasteiger partial charge in [-0.25, -0.2) is 4.98 Å². The van der Waals surface area contributed by atoms with Crippen LogP contribution in [-0.4, -0.2) is 4.98 Å². The van der Waals surface area contributed by atoms with E-state index in [1.54, 1.807) is 0 Å². The Morgan fingerprint density at radius 3 is 2.18 bits per heavy atom.